The molecule has 0 saturated carbocycles. The van der Waals surface area contributed by atoms with Crippen molar-refractivity contribution in [2.24, 2.45) is 0 Å². The first-order valence-electron chi connectivity index (χ1n) is 7.95. The van der Waals surface area contributed by atoms with Crippen LogP contribution in [0.3, 0.4) is 0 Å². The third-order valence-corrected chi connectivity index (χ3v) is 4.48. The maximum Gasteiger partial charge on any atom is 0.269 e. The summed E-state index contributed by atoms with van der Waals surface area (Å²) in [6.07, 6.45) is 0. The number of aliphatic hydroxyl groups is 1. The van der Waals surface area contributed by atoms with Gasteiger partial charge in [-0.25, -0.2) is 0 Å². The molecule has 4 heteroatoms. The van der Waals surface area contributed by atoms with Gasteiger partial charge in [0.2, 0.25) is 11.4 Å². The third kappa shape index (κ3) is 2.27. The summed E-state index contributed by atoms with van der Waals surface area (Å²) in [5.41, 5.74) is 0.404. The zero-order valence-electron chi connectivity index (χ0n) is 13.3. The van der Waals surface area contributed by atoms with Crippen molar-refractivity contribution in [2.75, 3.05) is 5.32 Å². The van der Waals surface area contributed by atoms with E-state index in [-0.39, 0.29) is 5.56 Å². The van der Waals surface area contributed by atoms with Crippen molar-refractivity contribution in [3.05, 3.63) is 90.0 Å². The third-order valence-electron chi connectivity index (χ3n) is 4.48. The van der Waals surface area contributed by atoms with Crippen molar-refractivity contribution in [3.8, 4) is 11.1 Å². The van der Waals surface area contributed by atoms with Crippen LogP contribution in [-0.2, 0) is 10.4 Å². The lowest BCUT2D eigenvalue weighted by Crippen LogP contribution is -2.50. The van der Waals surface area contributed by atoms with Gasteiger partial charge in [0.15, 0.2) is 0 Å². The summed E-state index contributed by atoms with van der Waals surface area (Å²) in [5, 5.41) is 13.7. The minimum Gasteiger partial charge on any atom is -0.369 e. The van der Waals surface area contributed by atoms with Crippen molar-refractivity contribution in [1.82, 2.24) is 0 Å². The monoisotopic (exact) mass is 329 g/mol. The van der Waals surface area contributed by atoms with Gasteiger partial charge in [0.05, 0.1) is 5.69 Å². The normalized spacial score (nSPS) is 19.2. The second kappa shape index (κ2) is 5.69. The van der Waals surface area contributed by atoms with E-state index in [9.17, 15) is 14.7 Å². The summed E-state index contributed by atoms with van der Waals surface area (Å²) in [6, 6.07) is 23.0. The number of Topliss-reactive ketones (excluding diaryl/α,β-unsaturated/α-hetero) is 1. The maximum atomic E-state index is 13.0. The number of carbonyl (C=O) groups is 2. The molecule has 0 aromatic heterocycles. The van der Waals surface area contributed by atoms with Gasteiger partial charge in [-0.15, -0.1) is 0 Å². The van der Waals surface area contributed by atoms with Crippen LogP contribution >= 0.6 is 0 Å². The molecule has 0 fully saturated rings. The Bertz CT molecular complexity index is 967. The van der Waals surface area contributed by atoms with Gasteiger partial charge in [-0.3, -0.25) is 9.59 Å². The van der Waals surface area contributed by atoms with E-state index in [1.165, 1.54) is 0 Å². The van der Waals surface area contributed by atoms with Crippen LogP contribution in [0, 0.1) is 0 Å². The highest BCUT2D eigenvalue weighted by Gasteiger charge is 2.50. The summed E-state index contributed by atoms with van der Waals surface area (Å²) >= 11 is 0. The molecule has 122 valence electrons. The highest BCUT2D eigenvalue weighted by molar-refractivity contribution is 6.27. The molecule has 3 aromatic carbocycles. The molecule has 2 N–H and O–H groups in total. The van der Waals surface area contributed by atoms with Gasteiger partial charge in [0.1, 0.15) is 0 Å². The van der Waals surface area contributed by atoms with Crippen molar-refractivity contribution in [2.45, 2.75) is 5.60 Å². The lowest BCUT2D eigenvalue weighted by atomic mass is 9.80. The van der Waals surface area contributed by atoms with E-state index in [1.807, 2.05) is 36.4 Å². The Morgan fingerprint density at radius 3 is 2.00 bits per heavy atom. The molecule has 0 saturated heterocycles. The number of benzene rings is 3. The van der Waals surface area contributed by atoms with E-state index in [1.54, 1.807) is 42.5 Å². The molecule has 1 amide bonds. The summed E-state index contributed by atoms with van der Waals surface area (Å²) in [6.45, 7) is 0. The minimum absolute atomic E-state index is 0.258. The fourth-order valence-electron chi connectivity index (χ4n) is 3.18. The van der Waals surface area contributed by atoms with Gasteiger partial charge in [0.25, 0.3) is 5.91 Å². The second-order valence-corrected chi connectivity index (χ2v) is 5.95. The van der Waals surface area contributed by atoms with Crippen LogP contribution in [0.15, 0.2) is 78.9 Å². The first-order chi connectivity index (χ1) is 12.1. The standard InChI is InChI=1S/C21H15NO3/c23-19-17-13-7-12-16(14-8-3-1-4-9-14)18(17)22-20(24)21(19,25)15-10-5-2-6-11-15/h1-13,25H,(H,22,24). The molecule has 4 rings (SSSR count). The zero-order chi connectivity index (χ0) is 17.4. The Hall–Kier alpha value is -3.24. The lowest BCUT2D eigenvalue weighted by Gasteiger charge is -2.32. The van der Waals surface area contributed by atoms with E-state index in [0.717, 1.165) is 11.1 Å². The minimum atomic E-state index is -2.22. The zero-order valence-corrected chi connectivity index (χ0v) is 13.3. The molecule has 0 spiro atoms. The number of amides is 1. The van der Waals surface area contributed by atoms with Crippen LogP contribution < -0.4 is 5.32 Å². The highest BCUT2D eigenvalue weighted by Crippen LogP contribution is 2.39. The van der Waals surface area contributed by atoms with Gasteiger partial charge in [-0.2, -0.15) is 0 Å². The Morgan fingerprint density at radius 1 is 0.720 bits per heavy atom. The van der Waals surface area contributed by atoms with Gasteiger partial charge >= 0.3 is 0 Å². The average Bonchev–Trinajstić information content (AvgIpc) is 2.67. The van der Waals surface area contributed by atoms with Crippen molar-refractivity contribution in [1.29, 1.82) is 0 Å². The van der Waals surface area contributed by atoms with E-state index in [4.69, 9.17) is 0 Å². The maximum absolute atomic E-state index is 13.0. The van der Waals surface area contributed by atoms with E-state index >= 15 is 0 Å². The Labute approximate surface area is 144 Å². The first-order valence-corrected chi connectivity index (χ1v) is 7.95. The topological polar surface area (TPSA) is 66.4 Å². The lowest BCUT2D eigenvalue weighted by molar-refractivity contribution is -0.130. The summed E-state index contributed by atoms with van der Waals surface area (Å²) in [4.78, 5) is 25.7. The summed E-state index contributed by atoms with van der Waals surface area (Å²) in [5.74, 6) is -1.35. The number of ketones is 1. The van der Waals surface area contributed by atoms with Crippen LogP contribution in [0.5, 0.6) is 0 Å². The van der Waals surface area contributed by atoms with Crippen LogP contribution in [0.2, 0.25) is 0 Å². The Balaban J connectivity index is 1.89. The summed E-state index contributed by atoms with van der Waals surface area (Å²) in [7, 11) is 0. The van der Waals surface area contributed by atoms with Crippen molar-refractivity contribution < 1.29 is 14.7 Å². The molecule has 1 atom stereocenters. The molecular weight excluding hydrogens is 314 g/mol. The molecular formula is C21H15NO3. The van der Waals surface area contributed by atoms with Crippen molar-refractivity contribution in [3.63, 3.8) is 0 Å². The number of carbonyl (C=O) groups excluding carboxylic acids is 2. The molecule has 1 aliphatic heterocycles. The number of para-hydroxylation sites is 1. The van der Waals surface area contributed by atoms with E-state index in [0.29, 0.717) is 11.3 Å². The molecule has 1 heterocycles. The Morgan fingerprint density at radius 2 is 1.32 bits per heavy atom. The quantitative estimate of drug-likeness (QED) is 0.708. The first kappa shape index (κ1) is 15.3. The molecule has 3 aromatic rings. The fourth-order valence-corrected chi connectivity index (χ4v) is 3.18. The van der Waals surface area contributed by atoms with Gasteiger partial charge < -0.3 is 10.4 Å². The fraction of sp³-hybridized carbons (Fsp3) is 0.0476. The van der Waals surface area contributed by atoms with Crippen LogP contribution in [-0.4, -0.2) is 16.8 Å². The van der Waals surface area contributed by atoms with E-state index < -0.39 is 17.3 Å². The number of rotatable bonds is 2. The van der Waals surface area contributed by atoms with Crippen LogP contribution in [0.1, 0.15) is 15.9 Å². The number of fused-ring (bicyclic) bond motifs is 1. The molecule has 1 aliphatic rings. The highest BCUT2D eigenvalue weighted by atomic mass is 16.3. The summed E-state index contributed by atoms with van der Waals surface area (Å²) < 4.78 is 0. The molecule has 25 heavy (non-hydrogen) atoms. The number of nitrogens with one attached hydrogen (secondary N) is 1. The molecule has 4 nitrogen and oxygen atoms in total. The number of anilines is 1. The molecule has 0 bridgehead atoms. The predicted octanol–water partition coefficient (Wildman–Crippen LogP) is 3.38. The number of hydrogen-bond donors (Lipinski definition) is 2. The van der Waals surface area contributed by atoms with E-state index in [2.05, 4.69) is 5.32 Å². The predicted molar refractivity (Wildman–Crippen MR) is 95.2 cm³/mol. The molecule has 1 unspecified atom stereocenters. The molecule has 0 aliphatic carbocycles. The van der Waals surface area contributed by atoms with Gasteiger partial charge in [-0.05, 0) is 11.6 Å². The smallest absolute Gasteiger partial charge is 0.269 e. The van der Waals surface area contributed by atoms with Crippen LogP contribution in [0.4, 0.5) is 5.69 Å². The average molecular weight is 329 g/mol. The second-order valence-electron chi connectivity index (χ2n) is 5.95. The Kier molecular flexibility index (Phi) is 3.48. The SMILES string of the molecule is O=C1Nc2c(cccc2-c2ccccc2)C(=O)C1(O)c1ccccc1. The largest absolute Gasteiger partial charge is 0.369 e. The van der Waals surface area contributed by atoms with Gasteiger partial charge in [0, 0.05) is 16.7 Å². The van der Waals surface area contributed by atoms with Gasteiger partial charge in [-0.1, -0.05) is 72.8 Å². The van der Waals surface area contributed by atoms with Crippen molar-refractivity contribution >= 4 is 17.4 Å². The molecule has 0 radical (unpaired) electrons. The van der Waals surface area contributed by atoms with Crippen LogP contribution in [0.25, 0.3) is 11.1 Å². The number of hydrogen-bond acceptors (Lipinski definition) is 3.